The minimum absolute atomic E-state index is 0.0337. The molecule has 0 spiro atoms. The second-order valence-corrected chi connectivity index (χ2v) is 8.18. The number of nitrogens with zero attached hydrogens (tertiary/aromatic N) is 1. The lowest BCUT2D eigenvalue weighted by Gasteiger charge is -2.32. The number of rotatable bonds is 8. The predicted octanol–water partition coefficient (Wildman–Crippen LogP) is 3.83. The molecule has 2 aromatic rings. The van der Waals surface area contributed by atoms with Crippen LogP contribution < -0.4 is 24.8 Å². The number of amides is 3. The number of ether oxygens (including phenoxy) is 3. The third-order valence-electron chi connectivity index (χ3n) is 6.14. The number of carbonyl (C=O) groups excluding carboxylic acids is 2. The Hall–Kier alpha value is -3.42. The summed E-state index contributed by atoms with van der Waals surface area (Å²) in [6, 6.07) is 10.1. The first kappa shape index (κ1) is 24.2. The highest BCUT2D eigenvalue weighted by atomic mass is 16.5. The number of nitrogens with one attached hydrogen (secondary N) is 2. The summed E-state index contributed by atoms with van der Waals surface area (Å²) in [7, 11) is 4.79. The van der Waals surface area contributed by atoms with Gasteiger partial charge in [0.2, 0.25) is 5.91 Å². The van der Waals surface area contributed by atoms with E-state index in [2.05, 4.69) is 10.6 Å². The van der Waals surface area contributed by atoms with Gasteiger partial charge in [0.05, 0.1) is 21.3 Å². The fourth-order valence-corrected chi connectivity index (χ4v) is 3.88. The summed E-state index contributed by atoms with van der Waals surface area (Å²) in [6.07, 6.45) is 1.45. The molecule has 0 bridgehead atoms. The molecule has 1 aliphatic heterocycles. The maximum Gasteiger partial charge on any atom is 0.318 e. The van der Waals surface area contributed by atoms with E-state index in [-0.39, 0.29) is 17.9 Å². The molecule has 1 aliphatic rings. The van der Waals surface area contributed by atoms with Gasteiger partial charge in [-0.2, -0.15) is 0 Å². The topological polar surface area (TPSA) is 89.1 Å². The molecule has 2 N–H and O–H groups in total. The van der Waals surface area contributed by atoms with Gasteiger partial charge < -0.3 is 29.7 Å². The van der Waals surface area contributed by atoms with Crippen molar-refractivity contribution in [1.82, 2.24) is 10.2 Å². The standard InChI is InChI=1S/C25H33N3O5/c1-6-16(2)23(24(29)26-19-7-9-20(31-3)10-8-19)27-25(30)28-12-11-17-13-21(32-4)22(33-5)14-18(17)15-28/h7-10,13-14,16,23H,6,11-12,15H2,1-5H3,(H,26,29)(H,27,30)/t16-,23+/m1/s1. The minimum Gasteiger partial charge on any atom is -0.497 e. The normalized spacial score (nSPS) is 14.5. The van der Waals surface area contributed by atoms with Gasteiger partial charge in [-0.1, -0.05) is 20.3 Å². The Morgan fingerprint density at radius 3 is 2.21 bits per heavy atom. The van der Waals surface area contributed by atoms with Crippen molar-refractivity contribution in [3.8, 4) is 17.2 Å². The highest BCUT2D eigenvalue weighted by molar-refractivity contribution is 5.97. The number of anilines is 1. The van der Waals surface area contributed by atoms with Crippen LogP contribution in [0.3, 0.4) is 0 Å². The lowest BCUT2D eigenvalue weighted by atomic mass is 9.97. The largest absolute Gasteiger partial charge is 0.497 e. The van der Waals surface area contributed by atoms with E-state index in [9.17, 15) is 9.59 Å². The predicted molar refractivity (Wildman–Crippen MR) is 127 cm³/mol. The van der Waals surface area contributed by atoms with E-state index < -0.39 is 6.04 Å². The van der Waals surface area contributed by atoms with Gasteiger partial charge >= 0.3 is 6.03 Å². The molecule has 8 heteroatoms. The van der Waals surface area contributed by atoms with Crippen LogP contribution in [0.2, 0.25) is 0 Å². The maximum absolute atomic E-state index is 13.1. The zero-order valence-electron chi connectivity index (χ0n) is 19.9. The number of carbonyl (C=O) groups is 2. The quantitative estimate of drug-likeness (QED) is 0.632. The SMILES string of the molecule is CC[C@@H](C)[C@H](NC(=O)N1CCc2cc(OC)c(OC)cc2C1)C(=O)Nc1ccc(OC)cc1. The summed E-state index contributed by atoms with van der Waals surface area (Å²) in [6.45, 7) is 4.96. The Balaban J connectivity index is 1.70. The van der Waals surface area contributed by atoms with E-state index in [0.717, 1.165) is 17.5 Å². The molecule has 2 aromatic carbocycles. The van der Waals surface area contributed by atoms with Gasteiger partial charge in [0, 0.05) is 18.8 Å². The van der Waals surface area contributed by atoms with Gasteiger partial charge in [0.1, 0.15) is 11.8 Å². The molecule has 1 heterocycles. The first-order valence-corrected chi connectivity index (χ1v) is 11.1. The molecule has 8 nitrogen and oxygen atoms in total. The van der Waals surface area contributed by atoms with Crippen LogP contribution in [0.15, 0.2) is 36.4 Å². The molecule has 0 saturated heterocycles. The Kier molecular flexibility index (Phi) is 8.03. The Morgan fingerprint density at radius 2 is 1.64 bits per heavy atom. The molecule has 3 rings (SSSR count). The zero-order chi connectivity index (χ0) is 24.0. The zero-order valence-corrected chi connectivity index (χ0v) is 19.9. The van der Waals surface area contributed by atoms with Crippen LogP contribution in [-0.2, 0) is 17.8 Å². The third kappa shape index (κ3) is 5.69. The van der Waals surface area contributed by atoms with Gasteiger partial charge in [0.25, 0.3) is 0 Å². The van der Waals surface area contributed by atoms with Gasteiger partial charge in [-0.15, -0.1) is 0 Å². The molecule has 0 radical (unpaired) electrons. The van der Waals surface area contributed by atoms with Crippen LogP contribution in [0.1, 0.15) is 31.4 Å². The second-order valence-electron chi connectivity index (χ2n) is 8.18. The number of urea groups is 1. The highest BCUT2D eigenvalue weighted by Gasteiger charge is 2.30. The summed E-state index contributed by atoms with van der Waals surface area (Å²) in [5.41, 5.74) is 2.79. The van der Waals surface area contributed by atoms with E-state index in [1.807, 2.05) is 26.0 Å². The molecule has 3 amide bonds. The smallest absolute Gasteiger partial charge is 0.318 e. The summed E-state index contributed by atoms with van der Waals surface area (Å²) in [4.78, 5) is 27.9. The average molecular weight is 456 g/mol. The van der Waals surface area contributed by atoms with Crippen molar-refractivity contribution < 1.29 is 23.8 Å². The molecule has 178 valence electrons. The Morgan fingerprint density at radius 1 is 1.00 bits per heavy atom. The van der Waals surface area contributed by atoms with E-state index in [4.69, 9.17) is 14.2 Å². The minimum atomic E-state index is -0.656. The van der Waals surface area contributed by atoms with Crippen molar-refractivity contribution >= 4 is 17.6 Å². The monoisotopic (exact) mass is 455 g/mol. The van der Waals surface area contributed by atoms with Crippen LogP contribution in [0.4, 0.5) is 10.5 Å². The van der Waals surface area contributed by atoms with E-state index in [1.54, 1.807) is 50.5 Å². The molecule has 33 heavy (non-hydrogen) atoms. The Bertz CT molecular complexity index is 977. The van der Waals surface area contributed by atoms with E-state index in [0.29, 0.717) is 42.4 Å². The van der Waals surface area contributed by atoms with Gasteiger partial charge in [-0.3, -0.25) is 4.79 Å². The number of fused-ring (bicyclic) bond motifs is 1. The van der Waals surface area contributed by atoms with Crippen molar-refractivity contribution in [3.63, 3.8) is 0 Å². The first-order chi connectivity index (χ1) is 15.9. The van der Waals surface area contributed by atoms with Crippen LogP contribution in [0, 0.1) is 5.92 Å². The van der Waals surface area contributed by atoms with Crippen LogP contribution in [-0.4, -0.2) is 50.8 Å². The van der Waals surface area contributed by atoms with E-state index >= 15 is 0 Å². The molecular weight excluding hydrogens is 422 g/mol. The lowest BCUT2D eigenvalue weighted by Crippen LogP contribution is -2.53. The lowest BCUT2D eigenvalue weighted by molar-refractivity contribution is -0.119. The van der Waals surface area contributed by atoms with Crippen LogP contribution in [0.5, 0.6) is 17.2 Å². The maximum atomic E-state index is 13.1. The fourth-order valence-electron chi connectivity index (χ4n) is 3.88. The average Bonchev–Trinajstić information content (AvgIpc) is 2.85. The van der Waals surface area contributed by atoms with Crippen molar-refractivity contribution in [2.24, 2.45) is 5.92 Å². The molecule has 0 aliphatic carbocycles. The van der Waals surface area contributed by atoms with Gasteiger partial charge in [-0.25, -0.2) is 4.79 Å². The molecule has 2 atom stereocenters. The molecule has 0 fully saturated rings. The van der Waals surface area contributed by atoms with Crippen molar-refractivity contribution in [2.45, 2.75) is 39.3 Å². The van der Waals surface area contributed by atoms with Crippen LogP contribution in [0.25, 0.3) is 0 Å². The number of benzene rings is 2. The second kappa shape index (κ2) is 10.9. The summed E-state index contributed by atoms with van der Waals surface area (Å²) in [5, 5.41) is 5.86. The fraction of sp³-hybridized carbons (Fsp3) is 0.440. The molecule has 0 unspecified atom stereocenters. The molecule has 0 saturated carbocycles. The van der Waals surface area contributed by atoms with Crippen molar-refractivity contribution in [2.75, 3.05) is 33.2 Å². The number of hydrogen-bond donors (Lipinski definition) is 2. The summed E-state index contributed by atoms with van der Waals surface area (Å²) >= 11 is 0. The number of hydrogen-bond acceptors (Lipinski definition) is 5. The summed E-state index contributed by atoms with van der Waals surface area (Å²) < 4.78 is 16.0. The van der Waals surface area contributed by atoms with Crippen LogP contribution >= 0.6 is 0 Å². The molecular formula is C25H33N3O5. The van der Waals surface area contributed by atoms with Crippen molar-refractivity contribution in [3.05, 3.63) is 47.5 Å². The highest BCUT2D eigenvalue weighted by Crippen LogP contribution is 2.33. The number of methoxy groups -OCH3 is 3. The van der Waals surface area contributed by atoms with Gasteiger partial charge in [-0.05, 0) is 59.9 Å². The van der Waals surface area contributed by atoms with Crippen molar-refractivity contribution in [1.29, 1.82) is 0 Å². The van der Waals surface area contributed by atoms with E-state index in [1.165, 1.54) is 0 Å². The molecule has 0 aromatic heterocycles. The first-order valence-electron chi connectivity index (χ1n) is 11.1. The Labute approximate surface area is 195 Å². The third-order valence-corrected chi connectivity index (χ3v) is 6.14. The van der Waals surface area contributed by atoms with Gasteiger partial charge in [0.15, 0.2) is 11.5 Å². The summed E-state index contributed by atoms with van der Waals surface area (Å²) in [5.74, 6) is 1.75.